The summed E-state index contributed by atoms with van der Waals surface area (Å²) in [6, 6.07) is 12.1. The molecular formula is C25H34N2O3. The summed E-state index contributed by atoms with van der Waals surface area (Å²) in [5.74, 6) is 0.843. The van der Waals surface area contributed by atoms with Crippen molar-refractivity contribution in [3.05, 3.63) is 58.7 Å². The van der Waals surface area contributed by atoms with Gasteiger partial charge in [-0.1, -0.05) is 25.5 Å². The Morgan fingerprint density at radius 3 is 2.53 bits per heavy atom. The zero-order valence-electron chi connectivity index (χ0n) is 18.7. The number of hydrogen-bond donors (Lipinski definition) is 0. The fourth-order valence-electron chi connectivity index (χ4n) is 3.86. The second-order valence-corrected chi connectivity index (χ2v) is 7.93. The second-order valence-electron chi connectivity index (χ2n) is 7.93. The SMILES string of the molecule is CCCCOCc1cc(C(=O)N2CCN(c3cccc(C)c3C)CC2)ccc1OC. The highest BCUT2D eigenvalue weighted by Crippen LogP contribution is 2.25. The number of aryl methyl sites for hydroxylation is 1. The van der Waals surface area contributed by atoms with Gasteiger partial charge in [0.05, 0.1) is 13.7 Å². The van der Waals surface area contributed by atoms with Gasteiger partial charge in [-0.3, -0.25) is 4.79 Å². The number of piperazine rings is 1. The molecule has 0 aliphatic carbocycles. The first-order chi connectivity index (χ1) is 14.5. The van der Waals surface area contributed by atoms with E-state index in [2.05, 4.69) is 43.9 Å². The van der Waals surface area contributed by atoms with E-state index in [1.165, 1.54) is 16.8 Å². The number of ether oxygens (including phenoxy) is 2. The lowest BCUT2D eigenvalue weighted by atomic mass is 10.1. The van der Waals surface area contributed by atoms with Gasteiger partial charge in [0.1, 0.15) is 5.75 Å². The number of carbonyl (C=O) groups excluding carboxylic acids is 1. The molecule has 1 heterocycles. The number of carbonyl (C=O) groups is 1. The van der Waals surface area contributed by atoms with Crippen molar-refractivity contribution < 1.29 is 14.3 Å². The molecule has 0 radical (unpaired) electrons. The molecule has 162 valence electrons. The second kappa shape index (κ2) is 10.5. The van der Waals surface area contributed by atoms with Crippen molar-refractivity contribution in [3.63, 3.8) is 0 Å². The zero-order chi connectivity index (χ0) is 21.5. The van der Waals surface area contributed by atoms with Crippen LogP contribution in [0.25, 0.3) is 0 Å². The molecule has 1 amide bonds. The number of unbranched alkanes of at least 4 members (excludes halogenated alkanes) is 1. The van der Waals surface area contributed by atoms with E-state index < -0.39 is 0 Å². The number of benzene rings is 2. The molecule has 1 saturated heterocycles. The largest absolute Gasteiger partial charge is 0.496 e. The molecule has 0 N–H and O–H groups in total. The van der Waals surface area contributed by atoms with Gasteiger partial charge in [0.25, 0.3) is 5.91 Å². The standard InChI is InChI=1S/C25H34N2O3/c1-5-6-16-30-18-22-17-21(10-11-24(22)29-4)25(28)27-14-12-26(13-15-27)23-9-7-8-19(2)20(23)3/h7-11,17H,5-6,12-16,18H2,1-4H3. The van der Waals surface area contributed by atoms with Crippen molar-refractivity contribution in [1.29, 1.82) is 0 Å². The van der Waals surface area contributed by atoms with Crippen molar-refractivity contribution in [3.8, 4) is 5.75 Å². The molecule has 2 aromatic carbocycles. The van der Waals surface area contributed by atoms with Crippen LogP contribution in [-0.2, 0) is 11.3 Å². The van der Waals surface area contributed by atoms with E-state index in [1.54, 1.807) is 7.11 Å². The van der Waals surface area contributed by atoms with Gasteiger partial charge in [-0.25, -0.2) is 0 Å². The van der Waals surface area contributed by atoms with E-state index >= 15 is 0 Å². The van der Waals surface area contributed by atoms with Crippen LogP contribution in [0.1, 0.15) is 46.8 Å². The van der Waals surface area contributed by atoms with Crippen LogP contribution in [0.4, 0.5) is 5.69 Å². The van der Waals surface area contributed by atoms with Gasteiger partial charge in [0, 0.05) is 49.6 Å². The van der Waals surface area contributed by atoms with Crippen LogP contribution in [0.15, 0.2) is 36.4 Å². The Balaban J connectivity index is 1.65. The lowest BCUT2D eigenvalue weighted by Crippen LogP contribution is -2.49. The van der Waals surface area contributed by atoms with Gasteiger partial charge < -0.3 is 19.3 Å². The Morgan fingerprint density at radius 1 is 1.07 bits per heavy atom. The third-order valence-corrected chi connectivity index (χ3v) is 5.91. The third kappa shape index (κ3) is 5.14. The van der Waals surface area contributed by atoms with Crippen LogP contribution in [0.5, 0.6) is 5.75 Å². The minimum atomic E-state index is 0.0769. The normalized spacial score (nSPS) is 14.1. The maximum atomic E-state index is 13.1. The first-order valence-electron chi connectivity index (χ1n) is 10.9. The van der Waals surface area contributed by atoms with Crippen LogP contribution in [0.2, 0.25) is 0 Å². The predicted molar refractivity (Wildman–Crippen MR) is 122 cm³/mol. The summed E-state index contributed by atoms with van der Waals surface area (Å²) in [6.45, 7) is 10.8. The molecule has 3 rings (SSSR count). The molecule has 0 bridgehead atoms. The number of anilines is 1. The maximum Gasteiger partial charge on any atom is 0.253 e. The number of rotatable bonds is 8. The minimum Gasteiger partial charge on any atom is -0.496 e. The molecule has 0 saturated carbocycles. The van der Waals surface area contributed by atoms with E-state index in [-0.39, 0.29) is 5.91 Å². The predicted octanol–water partition coefficient (Wildman–Crippen LogP) is 4.59. The summed E-state index contributed by atoms with van der Waals surface area (Å²) in [5, 5.41) is 0. The lowest BCUT2D eigenvalue weighted by molar-refractivity contribution is 0.0746. The first-order valence-corrected chi connectivity index (χ1v) is 10.9. The molecule has 1 aliphatic rings. The smallest absolute Gasteiger partial charge is 0.253 e. The summed E-state index contributed by atoms with van der Waals surface area (Å²) < 4.78 is 11.2. The van der Waals surface area contributed by atoms with E-state index in [9.17, 15) is 4.79 Å². The van der Waals surface area contributed by atoms with Crippen molar-refractivity contribution in [1.82, 2.24) is 4.90 Å². The molecule has 0 unspecified atom stereocenters. The Hall–Kier alpha value is -2.53. The molecule has 1 aliphatic heterocycles. The molecule has 1 fully saturated rings. The topological polar surface area (TPSA) is 42.0 Å². The van der Waals surface area contributed by atoms with Crippen LogP contribution >= 0.6 is 0 Å². The summed E-state index contributed by atoms with van der Waals surface area (Å²) in [5.41, 5.74) is 5.52. The summed E-state index contributed by atoms with van der Waals surface area (Å²) in [7, 11) is 1.65. The lowest BCUT2D eigenvalue weighted by Gasteiger charge is -2.37. The van der Waals surface area contributed by atoms with Crippen LogP contribution in [0, 0.1) is 13.8 Å². The van der Waals surface area contributed by atoms with Crippen molar-refractivity contribution in [2.45, 2.75) is 40.2 Å². The Morgan fingerprint density at radius 2 is 1.83 bits per heavy atom. The minimum absolute atomic E-state index is 0.0769. The number of methoxy groups -OCH3 is 1. The average molecular weight is 411 g/mol. The van der Waals surface area contributed by atoms with E-state index in [4.69, 9.17) is 9.47 Å². The molecular weight excluding hydrogens is 376 g/mol. The van der Waals surface area contributed by atoms with Crippen molar-refractivity contribution in [2.24, 2.45) is 0 Å². The maximum absolute atomic E-state index is 13.1. The monoisotopic (exact) mass is 410 g/mol. The van der Waals surface area contributed by atoms with Crippen molar-refractivity contribution in [2.75, 3.05) is 44.8 Å². The van der Waals surface area contributed by atoms with Gasteiger partial charge >= 0.3 is 0 Å². The van der Waals surface area contributed by atoms with Gasteiger partial charge in [-0.15, -0.1) is 0 Å². The van der Waals surface area contributed by atoms with Gasteiger partial charge in [0.2, 0.25) is 0 Å². The van der Waals surface area contributed by atoms with Crippen LogP contribution in [0.3, 0.4) is 0 Å². The molecule has 5 heteroatoms. The summed E-state index contributed by atoms with van der Waals surface area (Å²) in [4.78, 5) is 17.4. The first kappa shape index (κ1) is 22.2. The third-order valence-electron chi connectivity index (χ3n) is 5.91. The Kier molecular flexibility index (Phi) is 7.75. The molecule has 0 atom stereocenters. The van der Waals surface area contributed by atoms with Gasteiger partial charge in [-0.2, -0.15) is 0 Å². The molecule has 0 aromatic heterocycles. The fraction of sp³-hybridized carbons (Fsp3) is 0.480. The van der Waals surface area contributed by atoms with Crippen LogP contribution in [-0.4, -0.2) is 50.7 Å². The van der Waals surface area contributed by atoms with E-state index in [0.717, 1.165) is 56.9 Å². The molecule has 5 nitrogen and oxygen atoms in total. The summed E-state index contributed by atoms with van der Waals surface area (Å²) in [6.07, 6.45) is 2.13. The number of amides is 1. The average Bonchev–Trinajstić information content (AvgIpc) is 2.78. The van der Waals surface area contributed by atoms with Crippen LogP contribution < -0.4 is 9.64 Å². The van der Waals surface area contributed by atoms with E-state index in [1.807, 2.05) is 23.1 Å². The van der Waals surface area contributed by atoms with Crippen molar-refractivity contribution >= 4 is 11.6 Å². The number of nitrogens with zero attached hydrogens (tertiary/aromatic N) is 2. The fourth-order valence-corrected chi connectivity index (χ4v) is 3.86. The Labute approximate surface area is 180 Å². The zero-order valence-corrected chi connectivity index (χ0v) is 18.7. The highest BCUT2D eigenvalue weighted by molar-refractivity contribution is 5.94. The van der Waals surface area contributed by atoms with Gasteiger partial charge in [0.15, 0.2) is 0 Å². The molecule has 2 aromatic rings. The highest BCUT2D eigenvalue weighted by atomic mass is 16.5. The molecule has 30 heavy (non-hydrogen) atoms. The number of hydrogen-bond acceptors (Lipinski definition) is 4. The van der Waals surface area contributed by atoms with Gasteiger partial charge in [-0.05, 0) is 55.7 Å². The Bertz CT molecular complexity index is 857. The molecule has 0 spiro atoms. The quantitative estimate of drug-likeness (QED) is 0.597. The summed E-state index contributed by atoms with van der Waals surface area (Å²) >= 11 is 0. The highest BCUT2D eigenvalue weighted by Gasteiger charge is 2.24. The van der Waals surface area contributed by atoms with E-state index in [0.29, 0.717) is 12.2 Å².